The topological polar surface area (TPSA) is 52.7 Å². The van der Waals surface area contributed by atoms with Gasteiger partial charge in [-0.15, -0.1) is 0 Å². The summed E-state index contributed by atoms with van der Waals surface area (Å²) >= 11 is 0. The van der Waals surface area contributed by atoms with E-state index in [1.807, 2.05) is 30.3 Å². The van der Waals surface area contributed by atoms with Crippen molar-refractivity contribution in [3.8, 4) is 0 Å². The summed E-state index contributed by atoms with van der Waals surface area (Å²) in [5.74, 6) is 0. The highest BCUT2D eigenvalue weighted by molar-refractivity contribution is 5.24. The van der Waals surface area contributed by atoms with Gasteiger partial charge in [0.2, 0.25) is 0 Å². The minimum atomic E-state index is -0.659. The second-order valence-corrected chi connectivity index (χ2v) is 5.80. The molecule has 1 unspecified atom stereocenters. The molecule has 112 valence electrons. The molecule has 20 heavy (non-hydrogen) atoms. The smallest absolute Gasteiger partial charge is 0.0772 e. The average Bonchev–Trinajstić information content (AvgIpc) is 2.50. The molecule has 1 aliphatic rings. The van der Waals surface area contributed by atoms with Gasteiger partial charge in [-0.05, 0) is 18.5 Å². The maximum Gasteiger partial charge on any atom is 0.0772 e. The molecular formula is C16H27N3O. The largest absolute Gasteiger partial charge is 0.394 e. The normalized spacial score (nSPS) is 20.8. The van der Waals surface area contributed by atoms with Crippen molar-refractivity contribution in [2.24, 2.45) is 5.73 Å². The number of piperazine rings is 1. The number of aliphatic hydroxyl groups excluding tert-OH is 1. The molecule has 0 aromatic heterocycles. The Hall–Kier alpha value is -0.940. The van der Waals surface area contributed by atoms with E-state index in [0.29, 0.717) is 6.54 Å². The van der Waals surface area contributed by atoms with Crippen molar-refractivity contribution in [1.29, 1.82) is 0 Å². The van der Waals surface area contributed by atoms with Crippen LogP contribution >= 0.6 is 0 Å². The van der Waals surface area contributed by atoms with Gasteiger partial charge >= 0.3 is 0 Å². The fourth-order valence-electron chi connectivity index (χ4n) is 2.89. The standard InChI is InChI=1S/C16H27N3O/c1-2-8-18-9-11-19(12-10-18)13-16(17,14-20)15-6-4-3-5-7-15/h3-7,20H,2,8-14,17H2,1H3. The first-order valence-corrected chi connectivity index (χ1v) is 7.58. The van der Waals surface area contributed by atoms with Crippen molar-refractivity contribution in [1.82, 2.24) is 9.80 Å². The minimum absolute atomic E-state index is 0.0216. The van der Waals surface area contributed by atoms with Crippen LogP contribution < -0.4 is 5.73 Å². The summed E-state index contributed by atoms with van der Waals surface area (Å²) in [6, 6.07) is 9.94. The third kappa shape index (κ3) is 3.79. The molecule has 0 saturated carbocycles. The highest BCUT2D eigenvalue weighted by Gasteiger charge is 2.30. The number of nitrogens with two attached hydrogens (primary N) is 1. The summed E-state index contributed by atoms with van der Waals surface area (Å²) in [4.78, 5) is 4.87. The molecule has 2 rings (SSSR count). The predicted octanol–water partition coefficient (Wildman–Crippen LogP) is 0.861. The Morgan fingerprint density at radius 3 is 2.25 bits per heavy atom. The zero-order valence-electron chi connectivity index (χ0n) is 12.5. The molecule has 4 nitrogen and oxygen atoms in total. The maximum absolute atomic E-state index is 9.74. The second kappa shape index (κ2) is 7.18. The Bertz CT molecular complexity index is 390. The molecule has 1 heterocycles. The second-order valence-electron chi connectivity index (χ2n) is 5.80. The lowest BCUT2D eigenvalue weighted by Crippen LogP contribution is -2.55. The van der Waals surface area contributed by atoms with Crippen LogP contribution in [0.2, 0.25) is 0 Å². The van der Waals surface area contributed by atoms with E-state index in [-0.39, 0.29) is 6.61 Å². The first-order valence-electron chi connectivity index (χ1n) is 7.58. The molecule has 0 aliphatic carbocycles. The van der Waals surface area contributed by atoms with Crippen molar-refractivity contribution in [3.05, 3.63) is 35.9 Å². The first kappa shape index (κ1) is 15.4. The number of hydrogen-bond acceptors (Lipinski definition) is 4. The fourth-order valence-corrected chi connectivity index (χ4v) is 2.89. The van der Waals surface area contributed by atoms with Crippen molar-refractivity contribution >= 4 is 0 Å². The van der Waals surface area contributed by atoms with E-state index in [1.54, 1.807) is 0 Å². The van der Waals surface area contributed by atoms with Crippen LogP contribution in [0.5, 0.6) is 0 Å². The first-order chi connectivity index (χ1) is 9.68. The Morgan fingerprint density at radius 2 is 1.70 bits per heavy atom. The summed E-state index contributed by atoms with van der Waals surface area (Å²) in [6.07, 6.45) is 1.21. The number of rotatable bonds is 6. The van der Waals surface area contributed by atoms with Gasteiger partial charge in [0.15, 0.2) is 0 Å². The number of nitrogens with zero attached hydrogens (tertiary/aromatic N) is 2. The highest BCUT2D eigenvalue weighted by Crippen LogP contribution is 2.20. The molecule has 4 heteroatoms. The maximum atomic E-state index is 9.74. The van der Waals surface area contributed by atoms with Gasteiger partial charge in [0.05, 0.1) is 12.1 Å². The Labute approximate surface area is 122 Å². The van der Waals surface area contributed by atoms with Crippen LogP contribution in [0, 0.1) is 0 Å². The number of benzene rings is 1. The van der Waals surface area contributed by atoms with Crippen LogP contribution in [0.3, 0.4) is 0 Å². The molecule has 1 aliphatic heterocycles. The van der Waals surface area contributed by atoms with Crippen LogP contribution in [-0.2, 0) is 5.54 Å². The van der Waals surface area contributed by atoms with Crippen molar-refractivity contribution in [2.75, 3.05) is 45.9 Å². The van der Waals surface area contributed by atoms with Gasteiger partial charge in [0.25, 0.3) is 0 Å². The fraction of sp³-hybridized carbons (Fsp3) is 0.625. The van der Waals surface area contributed by atoms with E-state index in [1.165, 1.54) is 13.0 Å². The quantitative estimate of drug-likeness (QED) is 0.810. The molecule has 1 atom stereocenters. The average molecular weight is 277 g/mol. The van der Waals surface area contributed by atoms with Gasteiger partial charge in [0, 0.05) is 32.7 Å². The predicted molar refractivity (Wildman–Crippen MR) is 82.6 cm³/mol. The van der Waals surface area contributed by atoms with Gasteiger partial charge in [-0.3, -0.25) is 4.90 Å². The van der Waals surface area contributed by atoms with E-state index in [9.17, 15) is 5.11 Å². The Morgan fingerprint density at radius 1 is 1.10 bits per heavy atom. The van der Waals surface area contributed by atoms with Crippen molar-refractivity contribution in [3.63, 3.8) is 0 Å². The van der Waals surface area contributed by atoms with Crippen LogP contribution in [-0.4, -0.2) is 60.8 Å². The summed E-state index contributed by atoms with van der Waals surface area (Å²) in [6.45, 7) is 8.37. The monoisotopic (exact) mass is 277 g/mol. The van der Waals surface area contributed by atoms with Crippen LogP contribution in [0.1, 0.15) is 18.9 Å². The molecule has 1 fully saturated rings. The molecular weight excluding hydrogens is 250 g/mol. The van der Waals surface area contributed by atoms with Gasteiger partial charge in [0.1, 0.15) is 0 Å². The molecule has 1 aromatic rings. The third-order valence-electron chi connectivity index (χ3n) is 4.14. The van der Waals surface area contributed by atoms with E-state index in [2.05, 4.69) is 16.7 Å². The van der Waals surface area contributed by atoms with Crippen molar-refractivity contribution < 1.29 is 5.11 Å². The summed E-state index contributed by atoms with van der Waals surface area (Å²) in [5.41, 5.74) is 6.79. The van der Waals surface area contributed by atoms with Gasteiger partial charge in [-0.2, -0.15) is 0 Å². The van der Waals surface area contributed by atoms with Gasteiger partial charge in [-0.25, -0.2) is 0 Å². The number of hydrogen-bond donors (Lipinski definition) is 2. The zero-order chi connectivity index (χ0) is 14.4. The zero-order valence-corrected chi connectivity index (χ0v) is 12.5. The highest BCUT2D eigenvalue weighted by atomic mass is 16.3. The van der Waals surface area contributed by atoms with E-state index < -0.39 is 5.54 Å². The van der Waals surface area contributed by atoms with Crippen LogP contribution in [0.25, 0.3) is 0 Å². The van der Waals surface area contributed by atoms with E-state index >= 15 is 0 Å². The van der Waals surface area contributed by atoms with Crippen molar-refractivity contribution in [2.45, 2.75) is 18.9 Å². The molecule has 0 bridgehead atoms. The third-order valence-corrected chi connectivity index (χ3v) is 4.14. The lowest BCUT2D eigenvalue weighted by atomic mass is 9.91. The van der Waals surface area contributed by atoms with Crippen LogP contribution in [0.4, 0.5) is 0 Å². The minimum Gasteiger partial charge on any atom is -0.394 e. The molecule has 0 radical (unpaired) electrons. The molecule has 0 amide bonds. The Kier molecular flexibility index (Phi) is 5.54. The molecule has 3 N–H and O–H groups in total. The van der Waals surface area contributed by atoms with Gasteiger partial charge < -0.3 is 15.7 Å². The summed E-state index contributed by atoms with van der Waals surface area (Å²) in [7, 11) is 0. The molecule has 1 saturated heterocycles. The van der Waals surface area contributed by atoms with E-state index in [4.69, 9.17) is 5.73 Å². The molecule has 1 aromatic carbocycles. The lowest BCUT2D eigenvalue weighted by Gasteiger charge is -2.39. The lowest BCUT2D eigenvalue weighted by molar-refractivity contribution is 0.0867. The van der Waals surface area contributed by atoms with Crippen LogP contribution in [0.15, 0.2) is 30.3 Å². The number of aliphatic hydroxyl groups is 1. The van der Waals surface area contributed by atoms with E-state index in [0.717, 1.165) is 31.7 Å². The molecule has 0 spiro atoms. The van der Waals surface area contributed by atoms with Gasteiger partial charge in [-0.1, -0.05) is 37.3 Å². The summed E-state index contributed by atoms with van der Waals surface area (Å²) < 4.78 is 0. The summed E-state index contributed by atoms with van der Waals surface area (Å²) in [5, 5.41) is 9.74. The SMILES string of the molecule is CCCN1CCN(CC(N)(CO)c2ccccc2)CC1. The Balaban J connectivity index is 1.94.